The van der Waals surface area contributed by atoms with Gasteiger partial charge in [-0.3, -0.25) is 14.8 Å². The van der Waals surface area contributed by atoms with Crippen LogP contribution in [0, 0.1) is 17.0 Å². The Morgan fingerprint density at radius 2 is 2.15 bits per heavy atom. The van der Waals surface area contributed by atoms with Crippen molar-refractivity contribution in [3.63, 3.8) is 0 Å². The molecule has 0 fully saturated rings. The molecule has 0 spiro atoms. The van der Waals surface area contributed by atoms with Gasteiger partial charge in [0.1, 0.15) is 11.4 Å². The van der Waals surface area contributed by atoms with E-state index in [0.717, 1.165) is 6.07 Å². The average molecular weight is 298 g/mol. The lowest BCUT2D eigenvalue weighted by Gasteiger charge is -2.06. The normalized spacial score (nSPS) is 11.2. The number of aryl methyl sites for hydroxylation is 1. The Kier molecular flexibility index (Phi) is 3.32. The first kappa shape index (κ1) is 13.8. The summed E-state index contributed by atoms with van der Waals surface area (Å²) in [4.78, 5) is 9.56. The molecule has 0 radical (unpaired) electrons. The first-order valence-electron chi connectivity index (χ1n) is 5.30. The van der Waals surface area contributed by atoms with Gasteiger partial charge < -0.3 is 10.3 Å². The molecule has 3 N–H and O–H groups in total. The van der Waals surface area contributed by atoms with Gasteiger partial charge >= 0.3 is 5.69 Å². The van der Waals surface area contributed by atoms with Crippen molar-refractivity contribution in [3.05, 3.63) is 40.1 Å². The van der Waals surface area contributed by atoms with Crippen LogP contribution in [0.5, 0.6) is 0 Å². The summed E-state index contributed by atoms with van der Waals surface area (Å²) in [5, 5.41) is 14.4. The third-order valence-electron chi connectivity index (χ3n) is 2.37. The second-order valence-electron chi connectivity index (χ2n) is 3.88. The number of nitrogens with one attached hydrogen (secondary N) is 1. The van der Waals surface area contributed by atoms with Crippen molar-refractivity contribution in [2.45, 2.75) is 11.8 Å². The van der Waals surface area contributed by atoms with Crippen LogP contribution in [0.2, 0.25) is 0 Å². The molecular weight excluding hydrogens is 288 g/mol. The van der Waals surface area contributed by atoms with Gasteiger partial charge in [-0.05, 0) is 19.1 Å². The van der Waals surface area contributed by atoms with E-state index in [2.05, 4.69) is 9.88 Å². The maximum Gasteiger partial charge on any atom is 0.312 e. The van der Waals surface area contributed by atoms with E-state index in [1.165, 1.54) is 18.2 Å². The van der Waals surface area contributed by atoms with Crippen LogP contribution in [-0.4, -0.2) is 18.5 Å². The van der Waals surface area contributed by atoms with Gasteiger partial charge in [-0.25, -0.2) is 8.42 Å². The SMILES string of the molecule is Cc1cc(NS(=O)(=O)c2cccc(N)c2[N+](=O)[O-])no1. The number of sulfonamides is 1. The van der Waals surface area contributed by atoms with Crippen LogP contribution >= 0.6 is 0 Å². The summed E-state index contributed by atoms with van der Waals surface area (Å²) in [6.45, 7) is 1.58. The predicted octanol–water partition coefficient (Wildman–Crippen LogP) is 1.27. The van der Waals surface area contributed by atoms with Crippen LogP contribution in [0.15, 0.2) is 33.7 Å². The van der Waals surface area contributed by atoms with Crippen LogP contribution in [0.3, 0.4) is 0 Å². The van der Waals surface area contributed by atoms with E-state index in [0.29, 0.717) is 5.76 Å². The average Bonchev–Trinajstić information content (AvgIpc) is 2.73. The molecule has 0 aliphatic carbocycles. The van der Waals surface area contributed by atoms with Crippen LogP contribution in [0.4, 0.5) is 17.2 Å². The molecule has 0 atom stereocenters. The molecule has 106 valence electrons. The number of anilines is 2. The third kappa shape index (κ3) is 2.54. The van der Waals surface area contributed by atoms with E-state index >= 15 is 0 Å². The minimum atomic E-state index is -4.19. The van der Waals surface area contributed by atoms with Crippen molar-refractivity contribution in [3.8, 4) is 0 Å². The number of rotatable bonds is 4. The highest BCUT2D eigenvalue weighted by molar-refractivity contribution is 7.92. The van der Waals surface area contributed by atoms with Crippen molar-refractivity contribution < 1.29 is 17.9 Å². The lowest BCUT2D eigenvalue weighted by molar-refractivity contribution is -0.386. The largest absolute Gasteiger partial charge is 0.393 e. The zero-order valence-corrected chi connectivity index (χ0v) is 11.0. The molecule has 2 aromatic rings. The van der Waals surface area contributed by atoms with Gasteiger partial charge in [-0.15, -0.1) is 0 Å². The number of hydrogen-bond acceptors (Lipinski definition) is 7. The van der Waals surface area contributed by atoms with Crippen molar-refractivity contribution in [1.82, 2.24) is 5.16 Å². The standard InChI is InChI=1S/C10H10N4O5S/c1-6-5-9(12-19-6)13-20(17,18)8-4-2-3-7(11)10(8)14(15)16/h2-5H,11H2,1H3,(H,12,13). The number of nitrogens with two attached hydrogens (primary N) is 1. The van der Waals surface area contributed by atoms with Gasteiger partial charge in [0.15, 0.2) is 10.7 Å². The van der Waals surface area contributed by atoms with E-state index in [1.807, 2.05) is 0 Å². The van der Waals surface area contributed by atoms with Crippen molar-refractivity contribution >= 4 is 27.2 Å². The van der Waals surface area contributed by atoms with E-state index < -0.39 is 25.5 Å². The maximum absolute atomic E-state index is 12.1. The van der Waals surface area contributed by atoms with Crippen molar-refractivity contribution in [1.29, 1.82) is 0 Å². The van der Waals surface area contributed by atoms with Gasteiger partial charge in [0.2, 0.25) is 0 Å². The molecule has 0 unspecified atom stereocenters. The van der Waals surface area contributed by atoms with Crippen LogP contribution < -0.4 is 10.5 Å². The summed E-state index contributed by atoms with van der Waals surface area (Å²) in [6.07, 6.45) is 0. The molecule has 0 amide bonds. The maximum atomic E-state index is 12.1. The topological polar surface area (TPSA) is 141 Å². The van der Waals surface area contributed by atoms with Gasteiger partial charge in [0, 0.05) is 6.07 Å². The molecule has 0 aliphatic heterocycles. The zero-order chi connectivity index (χ0) is 14.9. The number of para-hydroxylation sites is 1. The van der Waals surface area contributed by atoms with Gasteiger partial charge in [-0.1, -0.05) is 11.2 Å². The molecule has 20 heavy (non-hydrogen) atoms. The minimum absolute atomic E-state index is 0.0702. The van der Waals surface area contributed by atoms with E-state index in [9.17, 15) is 18.5 Å². The molecule has 10 heteroatoms. The monoisotopic (exact) mass is 298 g/mol. The molecule has 9 nitrogen and oxygen atoms in total. The number of hydrogen-bond donors (Lipinski definition) is 2. The Morgan fingerprint density at radius 3 is 2.70 bits per heavy atom. The Morgan fingerprint density at radius 1 is 1.45 bits per heavy atom. The number of benzene rings is 1. The Hall–Kier alpha value is -2.62. The molecule has 0 bridgehead atoms. The highest BCUT2D eigenvalue weighted by Gasteiger charge is 2.28. The Bertz CT molecular complexity index is 768. The number of nitrogen functional groups attached to an aromatic ring is 1. The first-order valence-corrected chi connectivity index (χ1v) is 6.78. The fourth-order valence-corrected chi connectivity index (χ4v) is 2.74. The highest BCUT2D eigenvalue weighted by atomic mass is 32.2. The summed E-state index contributed by atoms with van der Waals surface area (Å²) in [7, 11) is -4.19. The fourth-order valence-electron chi connectivity index (χ4n) is 1.56. The quantitative estimate of drug-likeness (QED) is 0.491. The summed E-state index contributed by atoms with van der Waals surface area (Å²) < 4.78 is 31.1. The van der Waals surface area contributed by atoms with Crippen LogP contribution in [0.1, 0.15) is 5.76 Å². The summed E-state index contributed by atoms with van der Waals surface area (Å²) >= 11 is 0. The Labute approximate surface area is 113 Å². The molecule has 2 rings (SSSR count). The molecule has 1 aromatic heterocycles. The molecule has 0 aliphatic rings. The third-order valence-corrected chi connectivity index (χ3v) is 3.76. The number of aromatic nitrogens is 1. The van der Waals surface area contributed by atoms with Crippen LogP contribution in [-0.2, 0) is 10.0 Å². The highest BCUT2D eigenvalue weighted by Crippen LogP contribution is 2.30. The minimum Gasteiger partial charge on any atom is -0.393 e. The number of nitro benzene ring substituents is 1. The van der Waals surface area contributed by atoms with Gasteiger partial charge in [-0.2, -0.15) is 0 Å². The van der Waals surface area contributed by atoms with Gasteiger partial charge in [0.25, 0.3) is 10.0 Å². The molecule has 1 aromatic carbocycles. The van der Waals surface area contributed by atoms with Crippen molar-refractivity contribution in [2.24, 2.45) is 0 Å². The number of nitro groups is 1. The first-order chi connectivity index (χ1) is 9.31. The molecule has 0 saturated heterocycles. The lowest BCUT2D eigenvalue weighted by atomic mass is 10.3. The molecule has 1 heterocycles. The zero-order valence-electron chi connectivity index (χ0n) is 10.2. The smallest absolute Gasteiger partial charge is 0.312 e. The molecular formula is C10H10N4O5S. The van der Waals surface area contributed by atoms with Gasteiger partial charge in [0.05, 0.1) is 4.92 Å². The summed E-state index contributed by atoms with van der Waals surface area (Å²) in [5.74, 6) is 0.323. The fraction of sp³-hybridized carbons (Fsp3) is 0.100. The van der Waals surface area contributed by atoms with Crippen molar-refractivity contribution in [2.75, 3.05) is 10.5 Å². The van der Waals surface area contributed by atoms with E-state index in [1.54, 1.807) is 6.92 Å². The Balaban J connectivity index is 2.50. The summed E-state index contributed by atoms with van der Waals surface area (Å²) in [6, 6.07) is 4.99. The second-order valence-corrected chi connectivity index (χ2v) is 5.53. The lowest BCUT2D eigenvalue weighted by Crippen LogP contribution is -2.15. The number of nitrogens with zero attached hydrogens (tertiary/aromatic N) is 2. The predicted molar refractivity (Wildman–Crippen MR) is 69.6 cm³/mol. The summed E-state index contributed by atoms with van der Waals surface area (Å²) in [5.41, 5.74) is 4.53. The van der Waals surface area contributed by atoms with E-state index in [4.69, 9.17) is 10.3 Å². The van der Waals surface area contributed by atoms with Crippen LogP contribution in [0.25, 0.3) is 0 Å². The van der Waals surface area contributed by atoms with E-state index in [-0.39, 0.29) is 11.5 Å². The second kappa shape index (κ2) is 4.81. The molecule has 0 saturated carbocycles.